The third-order valence-electron chi connectivity index (χ3n) is 2.78. The second kappa shape index (κ2) is 6.81. The van der Waals surface area contributed by atoms with Gasteiger partial charge in [0.1, 0.15) is 12.3 Å². The molecule has 0 aliphatic carbocycles. The summed E-state index contributed by atoms with van der Waals surface area (Å²) >= 11 is 11.8. The largest absolute Gasteiger partial charge is 0.360 e. The molecule has 0 saturated heterocycles. The third-order valence-corrected chi connectivity index (χ3v) is 3.34. The van der Waals surface area contributed by atoms with Crippen LogP contribution in [-0.4, -0.2) is 23.5 Å². The van der Waals surface area contributed by atoms with Crippen molar-refractivity contribution in [3.8, 4) is 0 Å². The number of amides is 2. The van der Waals surface area contributed by atoms with Crippen LogP contribution in [0.1, 0.15) is 12.7 Å². The molecule has 0 atom stereocenters. The fraction of sp³-hybridized carbons (Fsp3) is 0.214. The molecule has 1 aromatic carbocycles. The Bertz CT molecular complexity index is 715. The van der Waals surface area contributed by atoms with Gasteiger partial charge in [-0.25, -0.2) is 0 Å². The van der Waals surface area contributed by atoms with E-state index in [-0.39, 0.29) is 18.3 Å². The Kier molecular flexibility index (Phi) is 5.05. The zero-order valence-corrected chi connectivity index (χ0v) is 13.4. The fourth-order valence-electron chi connectivity index (χ4n) is 1.76. The molecule has 8 heteroatoms. The number of nitrogens with one attached hydrogen (secondary N) is 1. The molecule has 0 fully saturated rings. The second-order valence-corrected chi connectivity index (χ2v) is 5.42. The summed E-state index contributed by atoms with van der Waals surface area (Å²) in [4.78, 5) is 25.0. The fourth-order valence-corrected chi connectivity index (χ4v) is 2.10. The molecule has 0 aliphatic rings. The first-order valence-electron chi connectivity index (χ1n) is 6.33. The molecule has 2 aromatic rings. The van der Waals surface area contributed by atoms with Crippen LogP contribution in [0.4, 0.5) is 11.5 Å². The van der Waals surface area contributed by atoms with Crippen molar-refractivity contribution in [1.82, 2.24) is 5.16 Å². The predicted molar refractivity (Wildman–Crippen MR) is 84.4 cm³/mol. The minimum Gasteiger partial charge on any atom is -0.360 e. The lowest BCUT2D eigenvalue weighted by Gasteiger charge is -2.17. The minimum absolute atomic E-state index is 0.218. The van der Waals surface area contributed by atoms with Gasteiger partial charge in [-0.05, 0) is 25.1 Å². The zero-order chi connectivity index (χ0) is 16.3. The van der Waals surface area contributed by atoms with Crippen LogP contribution in [0.15, 0.2) is 28.8 Å². The van der Waals surface area contributed by atoms with Gasteiger partial charge in [0, 0.05) is 18.0 Å². The van der Waals surface area contributed by atoms with Crippen molar-refractivity contribution in [2.45, 2.75) is 13.8 Å². The van der Waals surface area contributed by atoms with Crippen molar-refractivity contribution in [3.05, 3.63) is 40.1 Å². The van der Waals surface area contributed by atoms with E-state index in [9.17, 15) is 9.59 Å². The Morgan fingerprint density at radius 2 is 2.05 bits per heavy atom. The van der Waals surface area contributed by atoms with Crippen molar-refractivity contribution in [1.29, 1.82) is 0 Å². The standard InChI is InChI=1S/C14H13Cl2N3O3/c1-8-5-13(18-22-8)19(9(2)20)7-14(21)17-12-6-10(15)3-4-11(12)16/h3-6H,7H2,1-2H3,(H,17,21). The van der Waals surface area contributed by atoms with Crippen molar-refractivity contribution < 1.29 is 14.1 Å². The molecule has 0 saturated carbocycles. The van der Waals surface area contributed by atoms with E-state index in [1.807, 2.05) is 0 Å². The number of aryl methyl sites for hydroxylation is 1. The normalized spacial score (nSPS) is 10.4. The highest BCUT2D eigenvalue weighted by atomic mass is 35.5. The van der Waals surface area contributed by atoms with Gasteiger partial charge in [-0.2, -0.15) is 0 Å². The Labute approximate surface area is 137 Å². The molecular formula is C14H13Cl2N3O3. The van der Waals surface area contributed by atoms with Gasteiger partial charge >= 0.3 is 0 Å². The van der Waals surface area contributed by atoms with Crippen molar-refractivity contribution in [3.63, 3.8) is 0 Å². The maximum atomic E-state index is 12.1. The van der Waals surface area contributed by atoms with Crippen molar-refractivity contribution >= 4 is 46.5 Å². The number of aromatic nitrogens is 1. The van der Waals surface area contributed by atoms with Gasteiger partial charge in [0.15, 0.2) is 5.82 Å². The van der Waals surface area contributed by atoms with Crippen LogP contribution in [0.25, 0.3) is 0 Å². The van der Waals surface area contributed by atoms with Gasteiger partial charge in [-0.3, -0.25) is 14.5 Å². The van der Waals surface area contributed by atoms with E-state index in [1.165, 1.54) is 17.9 Å². The topological polar surface area (TPSA) is 75.4 Å². The van der Waals surface area contributed by atoms with Crippen LogP contribution >= 0.6 is 23.2 Å². The number of benzene rings is 1. The van der Waals surface area contributed by atoms with E-state index >= 15 is 0 Å². The van der Waals surface area contributed by atoms with Crippen LogP contribution in [-0.2, 0) is 9.59 Å². The highest BCUT2D eigenvalue weighted by molar-refractivity contribution is 6.35. The average molecular weight is 342 g/mol. The molecule has 0 radical (unpaired) electrons. The predicted octanol–water partition coefficient (Wildman–Crippen LogP) is 3.28. The number of anilines is 2. The highest BCUT2D eigenvalue weighted by Crippen LogP contribution is 2.25. The van der Waals surface area contributed by atoms with Crippen LogP contribution in [0.3, 0.4) is 0 Å². The molecule has 0 spiro atoms. The molecular weight excluding hydrogens is 329 g/mol. The Hall–Kier alpha value is -2.05. The van der Waals surface area contributed by atoms with Gasteiger partial charge < -0.3 is 9.84 Å². The Balaban J connectivity index is 2.12. The zero-order valence-electron chi connectivity index (χ0n) is 11.9. The molecule has 0 unspecified atom stereocenters. The molecule has 1 N–H and O–H groups in total. The molecule has 2 amide bonds. The van der Waals surface area contributed by atoms with E-state index in [4.69, 9.17) is 27.7 Å². The maximum Gasteiger partial charge on any atom is 0.244 e. The SMILES string of the molecule is CC(=O)N(CC(=O)Nc1cc(Cl)ccc1Cl)c1cc(C)on1. The van der Waals surface area contributed by atoms with Gasteiger partial charge in [0.25, 0.3) is 0 Å². The monoisotopic (exact) mass is 341 g/mol. The summed E-state index contributed by atoms with van der Waals surface area (Å²) in [7, 11) is 0. The molecule has 1 aromatic heterocycles. The lowest BCUT2D eigenvalue weighted by Crippen LogP contribution is -2.36. The van der Waals surface area contributed by atoms with Crippen molar-refractivity contribution in [2.75, 3.05) is 16.8 Å². The van der Waals surface area contributed by atoms with Crippen molar-refractivity contribution in [2.24, 2.45) is 0 Å². The smallest absolute Gasteiger partial charge is 0.244 e. The molecule has 2 rings (SSSR count). The first kappa shape index (κ1) is 16.3. The third kappa shape index (κ3) is 3.99. The summed E-state index contributed by atoms with van der Waals surface area (Å²) in [6, 6.07) is 6.28. The van der Waals surface area contributed by atoms with E-state index in [2.05, 4.69) is 10.5 Å². The number of carbonyl (C=O) groups excluding carboxylic acids is 2. The highest BCUT2D eigenvalue weighted by Gasteiger charge is 2.19. The molecule has 1 heterocycles. The summed E-state index contributed by atoms with van der Waals surface area (Å²) < 4.78 is 4.92. The molecule has 0 bridgehead atoms. The average Bonchev–Trinajstić information content (AvgIpc) is 2.86. The Morgan fingerprint density at radius 3 is 2.64 bits per heavy atom. The maximum absolute atomic E-state index is 12.1. The van der Waals surface area contributed by atoms with E-state index in [1.54, 1.807) is 25.1 Å². The molecule has 6 nitrogen and oxygen atoms in total. The number of rotatable bonds is 4. The first-order valence-corrected chi connectivity index (χ1v) is 7.08. The molecule has 0 aliphatic heterocycles. The van der Waals surface area contributed by atoms with E-state index < -0.39 is 5.91 Å². The number of nitrogens with zero attached hydrogens (tertiary/aromatic N) is 2. The summed E-state index contributed by atoms with van der Waals surface area (Å²) in [6.45, 7) is 2.81. The number of carbonyl (C=O) groups is 2. The summed E-state index contributed by atoms with van der Waals surface area (Å²) in [6.07, 6.45) is 0. The van der Waals surface area contributed by atoms with Crippen LogP contribution in [0.2, 0.25) is 10.0 Å². The van der Waals surface area contributed by atoms with Gasteiger partial charge in [-0.1, -0.05) is 28.4 Å². The van der Waals surface area contributed by atoms with Gasteiger partial charge in [-0.15, -0.1) is 0 Å². The van der Waals surface area contributed by atoms with Crippen LogP contribution < -0.4 is 10.2 Å². The lowest BCUT2D eigenvalue weighted by molar-refractivity contribution is -0.120. The quantitative estimate of drug-likeness (QED) is 0.925. The first-order chi connectivity index (χ1) is 10.4. The van der Waals surface area contributed by atoms with Crippen LogP contribution in [0, 0.1) is 6.92 Å². The Morgan fingerprint density at radius 1 is 1.32 bits per heavy atom. The summed E-state index contributed by atoms with van der Waals surface area (Å²) in [5.41, 5.74) is 0.374. The molecule has 116 valence electrons. The lowest BCUT2D eigenvalue weighted by atomic mass is 10.3. The second-order valence-electron chi connectivity index (χ2n) is 4.57. The number of hydrogen-bond donors (Lipinski definition) is 1. The minimum atomic E-state index is -0.431. The molecule has 22 heavy (non-hydrogen) atoms. The summed E-state index contributed by atoms with van der Waals surface area (Å²) in [5, 5.41) is 7.13. The summed E-state index contributed by atoms with van der Waals surface area (Å²) in [5.74, 6) is 0.0533. The van der Waals surface area contributed by atoms with Gasteiger partial charge in [0.2, 0.25) is 11.8 Å². The number of hydrogen-bond acceptors (Lipinski definition) is 4. The van der Waals surface area contributed by atoms with E-state index in [0.29, 0.717) is 21.5 Å². The van der Waals surface area contributed by atoms with Crippen LogP contribution in [0.5, 0.6) is 0 Å². The van der Waals surface area contributed by atoms with Gasteiger partial charge in [0.05, 0.1) is 10.7 Å². The van der Waals surface area contributed by atoms with E-state index in [0.717, 1.165) is 0 Å². The number of halogens is 2.